The van der Waals surface area contributed by atoms with Gasteiger partial charge < -0.3 is 9.30 Å². The molecular formula is C18H21N5O2. The van der Waals surface area contributed by atoms with Gasteiger partial charge in [0.05, 0.1) is 5.69 Å². The molecule has 0 atom stereocenters. The number of aryl methyl sites for hydroxylation is 4. The number of ether oxygens (including phenoxy) is 1. The molecule has 25 heavy (non-hydrogen) atoms. The van der Waals surface area contributed by atoms with Crippen LogP contribution in [-0.4, -0.2) is 30.5 Å². The number of nitrogens with zero attached hydrogens (tertiary/aromatic N) is 5. The van der Waals surface area contributed by atoms with Crippen LogP contribution >= 0.6 is 0 Å². The number of aromatic nitrogens is 5. The van der Waals surface area contributed by atoms with E-state index in [1.54, 1.807) is 15.3 Å². The van der Waals surface area contributed by atoms with E-state index in [4.69, 9.17) is 4.74 Å². The maximum absolute atomic E-state index is 12.3. The van der Waals surface area contributed by atoms with Crippen LogP contribution in [0.5, 0.6) is 0 Å². The van der Waals surface area contributed by atoms with Gasteiger partial charge in [-0.25, -0.2) is 9.48 Å². The molecule has 0 saturated carbocycles. The van der Waals surface area contributed by atoms with Crippen molar-refractivity contribution in [2.75, 3.05) is 0 Å². The number of benzene rings is 1. The summed E-state index contributed by atoms with van der Waals surface area (Å²) in [6, 6.07) is 7.89. The Labute approximate surface area is 146 Å². The van der Waals surface area contributed by atoms with Crippen LogP contribution in [0.25, 0.3) is 5.69 Å². The van der Waals surface area contributed by atoms with Crippen molar-refractivity contribution >= 4 is 5.97 Å². The minimum atomic E-state index is -0.480. The summed E-state index contributed by atoms with van der Waals surface area (Å²) in [4.78, 5) is 12.3. The van der Waals surface area contributed by atoms with Crippen molar-refractivity contribution in [1.29, 1.82) is 0 Å². The summed E-state index contributed by atoms with van der Waals surface area (Å²) in [6.45, 7) is 7.88. The summed E-state index contributed by atoms with van der Waals surface area (Å²) in [5, 5.41) is 12.3. The molecule has 3 aromatic rings. The van der Waals surface area contributed by atoms with Crippen molar-refractivity contribution in [3.8, 4) is 5.69 Å². The van der Waals surface area contributed by atoms with Crippen molar-refractivity contribution in [3.63, 3.8) is 0 Å². The van der Waals surface area contributed by atoms with Crippen molar-refractivity contribution in [1.82, 2.24) is 24.5 Å². The summed E-state index contributed by atoms with van der Waals surface area (Å²) in [5.74, 6) is 0.879. The Bertz CT molecular complexity index is 919. The van der Waals surface area contributed by atoms with E-state index in [1.807, 2.05) is 46.9 Å². The predicted octanol–water partition coefficient (Wildman–Crippen LogP) is 2.59. The van der Waals surface area contributed by atoms with Crippen LogP contribution in [0.4, 0.5) is 0 Å². The fourth-order valence-corrected chi connectivity index (χ4v) is 2.69. The smallest absolute Gasteiger partial charge is 0.359 e. The second-order valence-corrected chi connectivity index (χ2v) is 6.23. The number of rotatable bonds is 4. The molecule has 0 spiro atoms. The van der Waals surface area contributed by atoms with Gasteiger partial charge >= 0.3 is 5.97 Å². The molecule has 7 nitrogen and oxygen atoms in total. The van der Waals surface area contributed by atoms with Gasteiger partial charge in [-0.2, -0.15) is 5.10 Å². The number of carbonyl (C=O) groups excluding carboxylic acids is 1. The number of hydrogen-bond donors (Lipinski definition) is 0. The Balaban J connectivity index is 1.79. The maximum atomic E-state index is 12.3. The van der Waals surface area contributed by atoms with Crippen LogP contribution < -0.4 is 0 Å². The Morgan fingerprint density at radius 3 is 2.32 bits per heavy atom. The van der Waals surface area contributed by atoms with E-state index in [0.717, 1.165) is 28.3 Å². The molecule has 0 aliphatic rings. The van der Waals surface area contributed by atoms with Crippen LogP contribution in [-0.2, 0) is 18.4 Å². The molecule has 0 saturated heterocycles. The van der Waals surface area contributed by atoms with E-state index in [0.29, 0.717) is 5.82 Å². The molecule has 0 aliphatic carbocycles. The first-order valence-corrected chi connectivity index (χ1v) is 8.02. The van der Waals surface area contributed by atoms with Gasteiger partial charge in [0, 0.05) is 12.7 Å². The Morgan fingerprint density at radius 1 is 1.04 bits per heavy atom. The largest absolute Gasteiger partial charge is 0.453 e. The first-order valence-electron chi connectivity index (χ1n) is 8.02. The molecule has 3 rings (SSSR count). The molecule has 0 fully saturated rings. The highest BCUT2D eigenvalue weighted by Gasteiger charge is 2.16. The van der Waals surface area contributed by atoms with Gasteiger partial charge in [0.1, 0.15) is 5.82 Å². The molecule has 0 N–H and O–H groups in total. The number of esters is 1. The van der Waals surface area contributed by atoms with Crippen LogP contribution in [0.1, 0.15) is 39.0 Å². The average molecular weight is 339 g/mol. The lowest BCUT2D eigenvalue weighted by atomic mass is 10.1. The van der Waals surface area contributed by atoms with Crippen molar-refractivity contribution in [3.05, 3.63) is 58.4 Å². The monoisotopic (exact) mass is 339 g/mol. The summed E-state index contributed by atoms with van der Waals surface area (Å²) in [6.07, 6.45) is 0. The Hall–Kier alpha value is -2.96. The van der Waals surface area contributed by atoms with Crippen molar-refractivity contribution in [2.24, 2.45) is 7.05 Å². The standard InChI is InChI=1S/C18H21N5O2/c1-11-6-12(2)8-15(7-11)23-13(3)9-16(21-23)18(24)25-10-17-20-19-14(4)22(17)5/h6-9H,10H2,1-5H3. The molecule has 1 aromatic carbocycles. The van der Waals surface area contributed by atoms with Crippen molar-refractivity contribution in [2.45, 2.75) is 34.3 Å². The van der Waals surface area contributed by atoms with Crippen LogP contribution in [0.2, 0.25) is 0 Å². The van der Waals surface area contributed by atoms with Gasteiger partial charge in [-0.1, -0.05) is 6.07 Å². The molecule has 2 heterocycles. The number of hydrogen-bond acceptors (Lipinski definition) is 5. The summed E-state index contributed by atoms with van der Waals surface area (Å²) >= 11 is 0. The third-order valence-corrected chi connectivity index (χ3v) is 4.06. The molecular weight excluding hydrogens is 318 g/mol. The fraction of sp³-hybridized carbons (Fsp3) is 0.333. The molecule has 0 unspecified atom stereocenters. The second-order valence-electron chi connectivity index (χ2n) is 6.23. The highest BCUT2D eigenvalue weighted by molar-refractivity contribution is 5.87. The molecule has 0 radical (unpaired) electrons. The average Bonchev–Trinajstić information content (AvgIpc) is 3.08. The normalized spacial score (nSPS) is 10.9. The van der Waals surface area contributed by atoms with Crippen molar-refractivity contribution < 1.29 is 9.53 Å². The zero-order chi connectivity index (χ0) is 18.1. The molecule has 130 valence electrons. The quantitative estimate of drug-likeness (QED) is 0.683. The minimum absolute atomic E-state index is 0.0611. The Morgan fingerprint density at radius 2 is 1.72 bits per heavy atom. The summed E-state index contributed by atoms with van der Waals surface area (Å²) in [7, 11) is 1.83. The predicted molar refractivity (Wildman–Crippen MR) is 92.6 cm³/mol. The highest BCUT2D eigenvalue weighted by atomic mass is 16.5. The third kappa shape index (κ3) is 3.45. The summed E-state index contributed by atoms with van der Waals surface area (Å²) in [5.41, 5.74) is 4.36. The number of carbonyl (C=O) groups is 1. The summed E-state index contributed by atoms with van der Waals surface area (Å²) < 4.78 is 8.86. The lowest BCUT2D eigenvalue weighted by Crippen LogP contribution is -2.10. The zero-order valence-corrected chi connectivity index (χ0v) is 15.1. The van der Waals surface area contributed by atoms with E-state index >= 15 is 0 Å². The lowest BCUT2D eigenvalue weighted by molar-refractivity contribution is 0.0451. The van der Waals surface area contributed by atoms with Gasteiger partial charge in [-0.05, 0) is 57.0 Å². The van der Waals surface area contributed by atoms with Crippen LogP contribution in [0, 0.1) is 27.7 Å². The maximum Gasteiger partial charge on any atom is 0.359 e. The van der Waals surface area contributed by atoms with E-state index in [2.05, 4.69) is 21.4 Å². The molecule has 0 bridgehead atoms. The minimum Gasteiger partial charge on any atom is -0.453 e. The van der Waals surface area contributed by atoms with E-state index < -0.39 is 5.97 Å². The second kappa shape index (κ2) is 6.51. The van der Waals surface area contributed by atoms with Gasteiger partial charge in [0.2, 0.25) is 0 Å². The van der Waals surface area contributed by atoms with E-state index in [1.165, 1.54) is 0 Å². The topological polar surface area (TPSA) is 74.8 Å². The lowest BCUT2D eigenvalue weighted by Gasteiger charge is -2.07. The first kappa shape index (κ1) is 16.9. The van der Waals surface area contributed by atoms with Crippen LogP contribution in [0.15, 0.2) is 24.3 Å². The van der Waals surface area contributed by atoms with Gasteiger partial charge in [0.15, 0.2) is 18.1 Å². The fourth-order valence-electron chi connectivity index (χ4n) is 2.69. The van der Waals surface area contributed by atoms with E-state index in [-0.39, 0.29) is 12.3 Å². The van der Waals surface area contributed by atoms with E-state index in [9.17, 15) is 4.79 Å². The molecule has 0 aliphatic heterocycles. The first-order chi connectivity index (χ1) is 11.8. The SMILES string of the molecule is Cc1cc(C)cc(-n2nc(C(=O)OCc3nnc(C)n3C)cc2C)c1. The third-order valence-electron chi connectivity index (χ3n) is 4.06. The molecule has 0 amide bonds. The molecule has 7 heteroatoms. The van der Waals surface area contributed by atoms with Gasteiger partial charge in [-0.15, -0.1) is 10.2 Å². The van der Waals surface area contributed by atoms with Gasteiger partial charge in [-0.3, -0.25) is 0 Å². The molecule has 2 aromatic heterocycles. The Kier molecular flexibility index (Phi) is 4.39. The highest BCUT2D eigenvalue weighted by Crippen LogP contribution is 2.17. The van der Waals surface area contributed by atoms with Crippen LogP contribution in [0.3, 0.4) is 0 Å². The van der Waals surface area contributed by atoms with Gasteiger partial charge in [0.25, 0.3) is 0 Å². The zero-order valence-electron chi connectivity index (χ0n) is 15.1.